The number of aryl methyl sites for hydroxylation is 1. The summed E-state index contributed by atoms with van der Waals surface area (Å²) in [6, 6.07) is 6.04. The average molecular weight is 349 g/mol. The molecule has 0 unspecified atom stereocenters. The van der Waals surface area contributed by atoms with Gasteiger partial charge in [0.25, 0.3) is 0 Å². The number of aromatic nitrogens is 1. The number of nitrogens with zero attached hydrogens (tertiary/aromatic N) is 1. The van der Waals surface area contributed by atoms with E-state index in [1.54, 1.807) is 19.1 Å². The zero-order chi connectivity index (χ0) is 14.9. The van der Waals surface area contributed by atoms with Gasteiger partial charge in [0.1, 0.15) is 11.6 Å². The highest BCUT2D eigenvalue weighted by Crippen LogP contribution is 2.33. The molecular formula is C13H9BrF4N2. The van der Waals surface area contributed by atoms with E-state index in [2.05, 4.69) is 26.2 Å². The quantitative estimate of drug-likeness (QED) is 0.767. The van der Waals surface area contributed by atoms with E-state index in [1.807, 2.05) is 0 Å². The van der Waals surface area contributed by atoms with Crippen molar-refractivity contribution in [2.75, 3.05) is 5.32 Å². The van der Waals surface area contributed by atoms with E-state index < -0.39 is 17.6 Å². The molecule has 1 aromatic carbocycles. The summed E-state index contributed by atoms with van der Waals surface area (Å²) in [4.78, 5) is 4.15. The molecule has 2 rings (SSSR count). The molecule has 0 amide bonds. The van der Waals surface area contributed by atoms with E-state index >= 15 is 0 Å². The molecule has 0 radical (unpaired) electrons. The first-order valence-electron chi connectivity index (χ1n) is 5.54. The highest BCUT2D eigenvalue weighted by Gasteiger charge is 2.34. The summed E-state index contributed by atoms with van der Waals surface area (Å²) in [6.07, 6.45) is -4.73. The van der Waals surface area contributed by atoms with Gasteiger partial charge >= 0.3 is 6.18 Å². The zero-order valence-corrected chi connectivity index (χ0v) is 11.8. The van der Waals surface area contributed by atoms with Crippen LogP contribution in [0.5, 0.6) is 0 Å². The molecule has 1 heterocycles. The number of benzene rings is 1. The van der Waals surface area contributed by atoms with Gasteiger partial charge in [-0.05, 0) is 53.2 Å². The molecule has 0 saturated carbocycles. The number of pyridine rings is 1. The van der Waals surface area contributed by atoms with Crippen molar-refractivity contribution in [2.45, 2.75) is 13.1 Å². The lowest BCUT2D eigenvalue weighted by Gasteiger charge is -2.11. The number of rotatable bonds is 2. The van der Waals surface area contributed by atoms with Crippen LogP contribution in [0.4, 0.5) is 29.1 Å². The lowest BCUT2D eigenvalue weighted by atomic mass is 10.2. The summed E-state index contributed by atoms with van der Waals surface area (Å²) >= 11 is 3.27. The maximum atomic E-state index is 13.2. The summed E-state index contributed by atoms with van der Waals surface area (Å²) in [5.74, 6) is -0.923. The van der Waals surface area contributed by atoms with E-state index in [9.17, 15) is 17.6 Å². The van der Waals surface area contributed by atoms with Gasteiger partial charge in [-0.3, -0.25) is 0 Å². The van der Waals surface area contributed by atoms with Gasteiger partial charge in [0.15, 0.2) is 0 Å². The number of halogens is 5. The van der Waals surface area contributed by atoms with Crippen molar-refractivity contribution < 1.29 is 17.6 Å². The standard InChI is InChI=1S/C13H9BrF4N2/c1-7-10(14)3-5-12(19-7)20-8-2-4-11(15)9(6-8)13(16,17)18/h2-6H,1H3,(H,19,20). The van der Waals surface area contributed by atoms with Crippen molar-refractivity contribution >= 4 is 27.4 Å². The fourth-order valence-electron chi connectivity index (χ4n) is 1.58. The van der Waals surface area contributed by atoms with E-state index in [1.165, 1.54) is 6.07 Å². The Morgan fingerprint density at radius 2 is 1.85 bits per heavy atom. The summed E-state index contributed by atoms with van der Waals surface area (Å²) in [7, 11) is 0. The van der Waals surface area contributed by atoms with Gasteiger partial charge in [0.2, 0.25) is 0 Å². The minimum Gasteiger partial charge on any atom is -0.340 e. The van der Waals surface area contributed by atoms with Crippen LogP contribution in [0.15, 0.2) is 34.8 Å². The lowest BCUT2D eigenvalue weighted by Crippen LogP contribution is -2.08. The van der Waals surface area contributed by atoms with Crippen LogP contribution >= 0.6 is 15.9 Å². The van der Waals surface area contributed by atoms with Gasteiger partial charge in [0, 0.05) is 10.2 Å². The van der Waals surface area contributed by atoms with Gasteiger partial charge in [-0.25, -0.2) is 9.37 Å². The molecule has 0 atom stereocenters. The molecule has 106 valence electrons. The van der Waals surface area contributed by atoms with E-state index in [0.717, 1.165) is 10.5 Å². The molecule has 1 aromatic heterocycles. The summed E-state index contributed by atoms with van der Waals surface area (Å²) in [6.45, 7) is 1.75. The zero-order valence-electron chi connectivity index (χ0n) is 10.2. The first-order chi connectivity index (χ1) is 9.27. The Kier molecular flexibility index (Phi) is 3.99. The molecule has 1 N–H and O–H groups in total. The van der Waals surface area contributed by atoms with Crippen LogP contribution in [0.25, 0.3) is 0 Å². The van der Waals surface area contributed by atoms with E-state index in [-0.39, 0.29) is 5.69 Å². The minimum atomic E-state index is -4.73. The van der Waals surface area contributed by atoms with Crippen molar-refractivity contribution in [3.63, 3.8) is 0 Å². The first kappa shape index (κ1) is 14.8. The van der Waals surface area contributed by atoms with Gasteiger partial charge in [-0.1, -0.05) is 0 Å². The Balaban J connectivity index is 2.32. The Hall–Kier alpha value is -1.63. The van der Waals surface area contributed by atoms with Crippen LogP contribution in [0.2, 0.25) is 0 Å². The fraction of sp³-hybridized carbons (Fsp3) is 0.154. The first-order valence-corrected chi connectivity index (χ1v) is 6.33. The van der Waals surface area contributed by atoms with E-state index in [0.29, 0.717) is 17.6 Å². The number of anilines is 2. The third kappa shape index (κ3) is 3.27. The molecule has 2 aromatic rings. The largest absolute Gasteiger partial charge is 0.419 e. The molecule has 0 bridgehead atoms. The summed E-state index contributed by atoms with van der Waals surface area (Å²) in [5, 5.41) is 2.71. The second kappa shape index (κ2) is 5.40. The molecule has 0 spiro atoms. The number of hydrogen-bond acceptors (Lipinski definition) is 2. The summed E-state index contributed by atoms with van der Waals surface area (Å²) in [5.41, 5.74) is -0.502. The number of nitrogens with one attached hydrogen (secondary N) is 1. The van der Waals surface area contributed by atoms with Crippen LogP contribution in [0.1, 0.15) is 11.3 Å². The van der Waals surface area contributed by atoms with Gasteiger partial charge in [-0.2, -0.15) is 13.2 Å². The molecule has 0 aliphatic rings. The highest BCUT2D eigenvalue weighted by atomic mass is 79.9. The third-order valence-electron chi connectivity index (χ3n) is 2.57. The Labute approximate surface area is 121 Å². The van der Waals surface area contributed by atoms with Crippen LogP contribution < -0.4 is 5.32 Å². The topological polar surface area (TPSA) is 24.9 Å². The SMILES string of the molecule is Cc1nc(Nc2ccc(F)c(C(F)(F)F)c2)ccc1Br. The second-order valence-electron chi connectivity index (χ2n) is 4.08. The van der Waals surface area contributed by atoms with Crippen LogP contribution in [0, 0.1) is 12.7 Å². The predicted molar refractivity (Wildman–Crippen MR) is 71.4 cm³/mol. The molecule has 0 fully saturated rings. The molecule has 2 nitrogen and oxygen atoms in total. The average Bonchev–Trinajstić information content (AvgIpc) is 2.35. The van der Waals surface area contributed by atoms with Gasteiger partial charge in [-0.15, -0.1) is 0 Å². The molecule has 0 saturated heterocycles. The molecule has 7 heteroatoms. The van der Waals surface area contributed by atoms with E-state index in [4.69, 9.17) is 0 Å². The Morgan fingerprint density at radius 3 is 2.45 bits per heavy atom. The predicted octanol–water partition coefficient (Wildman–Crippen LogP) is 5.05. The molecule has 20 heavy (non-hydrogen) atoms. The Morgan fingerprint density at radius 1 is 1.15 bits per heavy atom. The number of alkyl halides is 3. The maximum Gasteiger partial charge on any atom is 0.419 e. The fourth-order valence-corrected chi connectivity index (χ4v) is 1.80. The second-order valence-corrected chi connectivity index (χ2v) is 4.94. The monoisotopic (exact) mass is 348 g/mol. The Bertz CT molecular complexity index is 641. The van der Waals surface area contributed by atoms with Gasteiger partial charge < -0.3 is 5.32 Å². The van der Waals surface area contributed by atoms with Crippen LogP contribution in [-0.2, 0) is 6.18 Å². The molecule has 0 aliphatic heterocycles. The smallest absolute Gasteiger partial charge is 0.340 e. The lowest BCUT2D eigenvalue weighted by molar-refractivity contribution is -0.139. The third-order valence-corrected chi connectivity index (χ3v) is 3.40. The summed E-state index contributed by atoms with van der Waals surface area (Å²) < 4.78 is 51.7. The number of hydrogen-bond donors (Lipinski definition) is 1. The van der Waals surface area contributed by atoms with Crippen LogP contribution in [0.3, 0.4) is 0 Å². The normalized spacial score (nSPS) is 11.5. The van der Waals surface area contributed by atoms with Crippen molar-refractivity contribution in [2.24, 2.45) is 0 Å². The van der Waals surface area contributed by atoms with Crippen molar-refractivity contribution in [1.82, 2.24) is 4.98 Å². The van der Waals surface area contributed by atoms with Crippen molar-refractivity contribution in [1.29, 1.82) is 0 Å². The minimum absolute atomic E-state index is 0.118. The molecular weight excluding hydrogens is 340 g/mol. The van der Waals surface area contributed by atoms with Crippen LogP contribution in [-0.4, -0.2) is 4.98 Å². The van der Waals surface area contributed by atoms with Gasteiger partial charge in [0.05, 0.1) is 11.3 Å². The molecule has 0 aliphatic carbocycles. The van der Waals surface area contributed by atoms with Crippen molar-refractivity contribution in [3.05, 3.63) is 51.9 Å². The highest BCUT2D eigenvalue weighted by molar-refractivity contribution is 9.10. The maximum absolute atomic E-state index is 13.2. The van der Waals surface area contributed by atoms with Crippen molar-refractivity contribution in [3.8, 4) is 0 Å².